The summed E-state index contributed by atoms with van der Waals surface area (Å²) in [6, 6.07) is 3.38. The van der Waals surface area contributed by atoms with Crippen molar-refractivity contribution in [3.63, 3.8) is 0 Å². The number of fused-ring (bicyclic) bond motifs is 1. The van der Waals surface area contributed by atoms with E-state index in [0.29, 0.717) is 0 Å². The highest BCUT2D eigenvalue weighted by Crippen LogP contribution is 2.55. The van der Waals surface area contributed by atoms with Gasteiger partial charge in [0.2, 0.25) is 17.7 Å². The summed E-state index contributed by atoms with van der Waals surface area (Å²) < 4.78 is 93.7. The predicted octanol–water partition coefficient (Wildman–Crippen LogP) is 2.79. The van der Waals surface area contributed by atoms with Gasteiger partial charge in [-0.2, -0.15) is 23.4 Å². The van der Waals surface area contributed by atoms with Crippen molar-refractivity contribution in [1.82, 2.24) is 29.5 Å². The maximum absolute atomic E-state index is 13.5. The third kappa shape index (κ3) is 11.3. The zero-order chi connectivity index (χ0) is 39.9. The number of nitrogens with zero attached hydrogens (tertiary/aromatic N) is 6. The molecule has 5 rings (SSSR count). The molecule has 2 fully saturated rings. The number of aromatic amines is 1. The molecule has 1 unspecified atom stereocenters. The molecule has 20 nitrogen and oxygen atoms in total. The standard InChI is InChI=1S/C29H35F3N8O12P2S/c1-15(2)25(42)38-28-37-24-21(26(43)39-28)36-14-40(24)27-23(22(19(10-41)50-27)46-12-29(30,31)32)52-54(55,47-7-3-5-33)48-11-16-8-17(9-18(16)51-53(44)45)49-20-4-6-34-13-35-20/h4,6,13-19,22-23,27,41H,3,7-12H2,1-2H3,(H2-,37,38,39,42,43,44,45)/p+1/t16-,17-,18+,19-,22-,23-,27-,54-/m1/s1. The van der Waals surface area contributed by atoms with Crippen LogP contribution in [0.15, 0.2) is 29.7 Å². The maximum atomic E-state index is 13.5. The molecule has 300 valence electrons. The zero-order valence-corrected chi connectivity index (χ0v) is 31.6. The number of hydrogen-bond donors (Lipinski definition) is 4. The Morgan fingerprint density at radius 2 is 2.07 bits per heavy atom. The number of nitriles is 1. The zero-order valence-electron chi connectivity index (χ0n) is 29.0. The van der Waals surface area contributed by atoms with E-state index in [4.69, 9.17) is 44.1 Å². The topological polar surface area (TPSA) is 264 Å². The van der Waals surface area contributed by atoms with E-state index in [1.807, 2.05) is 6.07 Å². The van der Waals surface area contributed by atoms with E-state index >= 15 is 0 Å². The van der Waals surface area contributed by atoms with Crippen molar-refractivity contribution < 1.29 is 64.8 Å². The lowest BCUT2D eigenvalue weighted by Crippen LogP contribution is -2.40. The predicted molar refractivity (Wildman–Crippen MR) is 184 cm³/mol. The molecule has 1 saturated carbocycles. The molecule has 1 aliphatic carbocycles. The molecule has 26 heteroatoms. The second-order valence-electron chi connectivity index (χ2n) is 12.5. The van der Waals surface area contributed by atoms with E-state index in [1.54, 1.807) is 13.8 Å². The van der Waals surface area contributed by atoms with Gasteiger partial charge in [-0.25, -0.2) is 15.0 Å². The lowest BCUT2D eigenvalue weighted by atomic mass is 10.1. The Kier molecular flexibility index (Phi) is 14.4. The number of aromatic nitrogens is 6. The molecule has 3 aromatic rings. The number of rotatable bonds is 18. The highest BCUT2D eigenvalue weighted by Gasteiger charge is 2.52. The number of ether oxygens (including phenoxy) is 3. The average Bonchev–Trinajstić information content (AvgIpc) is 3.81. The van der Waals surface area contributed by atoms with E-state index in [2.05, 4.69) is 30.2 Å². The first-order chi connectivity index (χ1) is 26.1. The number of alkyl halides is 3. The van der Waals surface area contributed by atoms with Crippen LogP contribution in [0.25, 0.3) is 11.2 Å². The molecule has 3 aromatic heterocycles. The number of anilines is 1. The van der Waals surface area contributed by atoms with Gasteiger partial charge in [0, 0.05) is 35.1 Å². The molecule has 4 heterocycles. The van der Waals surface area contributed by atoms with Crippen molar-refractivity contribution in [3.05, 3.63) is 35.3 Å². The minimum Gasteiger partial charge on any atom is -0.474 e. The first-order valence-corrected chi connectivity index (χ1v) is 20.2. The summed E-state index contributed by atoms with van der Waals surface area (Å²) in [5.74, 6) is -1.71. The van der Waals surface area contributed by atoms with Crippen LogP contribution in [0.1, 0.15) is 39.3 Å². The number of carbonyl (C=O) groups is 1. The van der Waals surface area contributed by atoms with Crippen molar-refractivity contribution in [2.75, 3.05) is 31.7 Å². The fourth-order valence-electron chi connectivity index (χ4n) is 5.73. The van der Waals surface area contributed by atoms with Crippen LogP contribution in [-0.2, 0) is 48.7 Å². The Bertz CT molecular complexity index is 1960. The van der Waals surface area contributed by atoms with Crippen molar-refractivity contribution in [1.29, 1.82) is 5.26 Å². The third-order valence-electron chi connectivity index (χ3n) is 8.19. The molecule has 1 aliphatic heterocycles. The van der Waals surface area contributed by atoms with Gasteiger partial charge in [-0.1, -0.05) is 13.8 Å². The van der Waals surface area contributed by atoms with E-state index < -0.39 is 94.4 Å². The molecule has 0 aromatic carbocycles. The Balaban J connectivity index is 1.48. The number of carbonyl (C=O) groups excluding carboxylic acids is 1. The number of nitrogens with one attached hydrogen (secondary N) is 2. The molecule has 4 N–H and O–H groups in total. The van der Waals surface area contributed by atoms with Crippen molar-refractivity contribution >= 4 is 49.8 Å². The lowest BCUT2D eigenvalue weighted by Gasteiger charge is -2.31. The fourth-order valence-corrected chi connectivity index (χ4v) is 8.33. The summed E-state index contributed by atoms with van der Waals surface area (Å²) in [5.41, 5.74) is -1.23. The number of H-pyrrole nitrogens is 1. The molecular formula is C29H36F3N8O12P2S+. The largest absolute Gasteiger partial charge is 0.695 e. The number of aliphatic hydroxyl groups excluding tert-OH is 1. The summed E-state index contributed by atoms with van der Waals surface area (Å²) in [4.78, 5) is 53.4. The maximum Gasteiger partial charge on any atom is 0.695 e. The first-order valence-electron chi connectivity index (χ1n) is 16.5. The normalized spacial score (nSPS) is 25.5. The van der Waals surface area contributed by atoms with Gasteiger partial charge in [-0.15, -0.1) is 9.42 Å². The number of imidazole rings is 1. The first kappa shape index (κ1) is 42.6. The van der Waals surface area contributed by atoms with Gasteiger partial charge >= 0.3 is 21.1 Å². The van der Waals surface area contributed by atoms with Crippen LogP contribution < -0.4 is 15.6 Å². The number of aliphatic hydroxyl groups is 1. The fraction of sp³-hybridized carbons (Fsp3) is 0.621. The summed E-state index contributed by atoms with van der Waals surface area (Å²) in [5, 5.41) is 21.9. The van der Waals surface area contributed by atoms with Gasteiger partial charge in [-0.05, 0) is 18.2 Å². The van der Waals surface area contributed by atoms with E-state index in [-0.39, 0.29) is 55.5 Å². The van der Waals surface area contributed by atoms with E-state index in [1.165, 1.54) is 18.6 Å². The van der Waals surface area contributed by atoms with Crippen molar-refractivity contribution in [3.8, 4) is 11.9 Å². The Morgan fingerprint density at radius 1 is 1.29 bits per heavy atom. The van der Waals surface area contributed by atoms with Crippen molar-refractivity contribution in [2.24, 2.45) is 11.8 Å². The number of hydrogen-bond acceptors (Lipinski definition) is 17. The number of halogens is 3. The quantitative estimate of drug-likeness (QED) is 0.106. The average molecular weight is 840 g/mol. The second-order valence-corrected chi connectivity index (χ2v) is 16.1. The smallest absolute Gasteiger partial charge is 0.474 e. The molecule has 9 atom stereocenters. The van der Waals surface area contributed by atoms with Crippen molar-refractivity contribution in [2.45, 2.75) is 76.0 Å². The Hall–Kier alpha value is -3.59. The minimum absolute atomic E-state index is 0.127. The third-order valence-corrected chi connectivity index (χ3v) is 11.0. The molecule has 0 radical (unpaired) electrons. The van der Waals surface area contributed by atoms with Gasteiger partial charge in [0.15, 0.2) is 17.4 Å². The second kappa shape index (κ2) is 18.6. The van der Waals surface area contributed by atoms with E-state index in [9.17, 15) is 42.6 Å². The molecule has 1 saturated heterocycles. The van der Waals surface area contributed by atoms with Gasteiger partial charge in [0.25, 0.3) is 5.56 Å². The van der Waals surface area contributed by atoms with Crippen LogP contribution in [0.3, 0.4) is 0 Å². The minimum atomic E-state index is -4.84. The summed E-state index contributed by atoms with van der Waals surface area (Å²) >= 11 is 5.72. The van der Waals surface area contributed by atoms with Crippen LogP contribution in [0.4, 0.5) is 19.1 Å². The summed E-state index contributed by atoms with van der Waals surface area (Å²) in [6.07, 6.45) is -8.80. The highest BCUT2D eigenvalue weighted by atomic mass is 32.5. The van der Waals surface area contributed by atoms with Crippen LogP contribution in [0, 0.1) is 23.2 Å². The highest BCUT2D eigenvalue weighted by molar-refractivity contribution is 8.07. The molecule has 0 bridgehead atoms. The molecular weight excluding hydrogens is 803 g/mol. The lowest BCUT2D eigenvalue weighted by molar-refractivity contribution is -0.196. The van der Waals surface area contributed by atoms with Crippen LogP contribution in [0.5, 0.6) is 5.88 Å². The SMILES string of the molecule is CC(C)C(=O)Nc1nc2c(ncn2[C@@H]2O[C@H](CO)[C@@H](OCC(F)(F)F)[C@H]2O[P@@](=S)(OCCC#N)OC[C@H]2C[C@@H](Oc3ccncn3)C[C@@H]2O[P+](=O)O)c(=O)[nH]1. The van der Waals surface area contributed by atoms with Crippen LogP contribution in [-0.4, -0.2) is 109 Å². The van der Waals surface area contributed by atoms with Crippen LogP contribution >= 0.6 is 15.0 Å². The van der Waals surface area contributed by atoms with Gasteiger partial charge in [0.1, 0.15) is 43.5 Å². The molecule has 55 heavy (non-hydrogen) atoms. The number of amides is 1. The Labute approximate surface area is 315 Å². The monoisotopic (exact) mass is 839 g/mol. The molecule has 0 spiro atoms. The summed E-state index contributed by atoms with van der Waals surface area (Å²) in [7, 11) is -3.07. The van der Waals surface area contributed by atoms with E-state index in [0.717, 1.165) is 10.9 Å². The molecule has 1 amide bonds. The van der Waals surface area contributed by atoms with Crippen LogP contribution in [0.2, 0.25) is 0 Å². The van der Waals surface area contributed by atoms with Gasteiger partial charge in [-0.3, -0.25) is 29.0 Å². The summed E-state index contributed by atoms with van der Waals surface area (Å²) in [6.45, 7) is -4.32. The molecule has 2 aliphatic rings. The van der Waals surface area contributed by atoms with Gasteiger partial charge in [0.05, 0.1) is 38.6 Å². The Morgan fingerprint density at radius 3 is 2.73 bits per heavy atom. The van der Waals surface area contributed by atoms with Gasteiger partial charge < -0.3 is 28.4 Å².